The van der Waals surface area contributed by atoms with Crippen LogP contribution in [0.15, 0.2) is 50.1 Å². The SMILES string of the molecule is COC(=O)c1ccc(-n2c(C)cc(OCc3ccc(F)cc3F)c(Br)c2=O)o1. The summed E-state index contributed by atoms with van der Waals surface area (Å²) in [6.07, 6.45) is 0. The Hall–Kier alpha value is -2.94. The van der Waals surface area contributed by atoms with Gasteiger partial charge in [-0.05, 0) is 41.1 Å². The highest BCUT2D eigenvalue weighted by molar-refractivity contribution is 9.10. The van der Waals surface area contributed by atoms with Crippen LogP contribution in [0.2, 0.25) is 0 Å². The molecular formula is C19H14BrF2NO5. The summed E-state index contributed by atoms with van der Waals surface area (Å²) in [4.78, 5) is 24.2. The zero-order chi connectivity index (χ0) is 20.4. The van der Waals surface area contributed by atoms with Crippen molar-refractivity contribution in [2.75, 3.05) is 7.11 Å². The van der Waals surface area contributed by atoms with E-state index >= 15 is 0 Å². The minimum Gasteiger partial charge on any atom is -0.487 e. The van der Waals surface area contributed by atoms with E-state index in [1.165, 1.54) is 29.9 Å². The van der Waals surface area contributed by atoms with Gasteiger partial charge >= 0.3 is 5.97 Å². The summed E-state index contributed by atoms with van der Waals surface area (Å²) in [5.74, 6) is -1.84. The van der Waals surface area contributed by atoms with Crippen LogP contribution in [-0.2, 0) is 11.3 Å². The molecule has 28 heavy (non-hydrogen) atoms. The summed E-state index contributed by atoms with van der Waals surface area (Å²) in [6.45, 7) is 1.44. The number of furan rings is 1. The van der Waals surface area contributed by atoms with Gasteiger partial charge < -0.3 is 13.9 Å². The summed E-state index contributed by atoms with van der Waals surface area (Å²) in [7, 11) is 1.22. The minimum absolute atomic E-state index is 0.0490. The predicted molar refractivity (Wildman–Crippen MR) is 98.8 cm³/mol. The van der Waals surface area contributed by atoms with Crippen molar-refractivity contribution in [1.29, 1.82) is 0 Å². The Balaban J connectivity index is 1.91. The van der Waals surface area contributed by atoms with E-state index in [2.05, 4.69) is 20.7 Å². The lowest BCUT2D eigenvalue weighted by atomic mass is 10.2. The zero-order valence-electron chi connectivity index (χ0n) is 14.8. The third kappa shape index (κ3) is 3.84. The van der Waals surface area contributed by atoms with Crippen LogP contribution in [0.5, 0.6) is 5.75 Å². The van der Waals surface area contributed by atoms with Crippen LogP contribution in [0.3, 0.4) is 0 Å². The summed E-state index contributed by atoms with van der Waals surface area (Å²) in [5, 5.41) is 0. The van der Waals surface area contributed by atoms with Gasteiger partial charge in [0.05, 0.1) is 7.11 Å². The molecule has 1 aromatic carbocycles. The molecule has 0 radical (unpaired) electrons. The molecule has 0 atom stereocenters. The highest BCUT2D eigenvalue weighted by Gasteiger charge is 2.18. The lowest BCUT2D eigenvalue weighted by Crippen LogP contribution is -2.21. The molecule has 0 aliphatic carbocycles. The maximum absolute atomic E-state index is 13.7. The Bertz CT molecular complexity index is 1110. The third-order valence-corrected chi connectivity index (χ3v) is 4.63. The molecule has 0 aliphatic rings. The topological polar surface area (TPSA) is 70.7 Å². The smallest absolute Gasteiger partial charge is 0.374 e. The summed E-state index contributed by atoms with van der Waals surface area (Å²) in [6, 6.07) is 7.55. The van der Waals surface area contributed by atoms with Crippen LogP contribution in [0, 0.1) is 18.6 Å². The van der Waals surface area contributed by atoms with Gasteiger partial charge in [0.15, 0.2) is 0 Å². The predicted octanol–water partition coefficient (Wildman–Crippen LogP) is 4.15. The number of esters is 1. The number of hydrogen-bond acceptors (Lipinski definition) is 5. The van der Waals surface area contributed by atoms with Crippen LogP contribution in [0.25, 0.3) is 5.88 Å². The third-order valence-electron chi connectivity index (χ3n) is 3.90. The molecule has 0 saturated carbocycles. The average molecular weight is 454 g/mol. The molecule has 0 bridgehead atoms. The number of carbonyl (C=O) groups is 1. The number of pyridine rings is 1. The highest BCUT2D eigenvalue weighted by Crippen LogP contribution is 2.26. The van der Waals surface area contributed by atoms with Crippen molar-refractivity contribution < 1.29 is 27.5 Å². The Morgan fingerprint density at radius 1 is 1.21 bits per heavy atom. The Kier molecular flexibility index (Phi) is 5.64. The number of nitrogens with zero attached hydrogens (tertiary/aromatic N) is 1. The molecule has 0 aliphatic heterocycles. The Labute approximate surface area is 166 Å². The van der Waals surface area contributed by atoms with Crippen LogP contribution >= 0.6 is 15.9 Å². The molecule has 3 aromatic rings. The summed E-state index contributed by atoms with van der Waals surface area (Å²) < 4.78 is 43.5. The number of hydrogen-bond donors (Lipinski definition) is 0. The first-order valence-corrected chi connectivity index (χ1v) is 8.78. The van der Waals surface area contributed by atoms with Gasteiger partial charge in [0.1, 0.15) is 28.5 Å². The van der Waals surface area contributed by atoms with Crippen molar-refractivity contribution in [3.8, 4) is 11.6 Å². The van der Waals surface area contributed by atoms with Crippen molar-refractivity contribution >= 4 is 21.9 Å². The molecule has 9 heteroatoms. The molecule has 0 unspecified atom stereocenters. The fourth-order valence-electron chi connectivity index (χ4n) is 2.51. The molecule has 0 saturated heterocycles. The molecule has 3 rings (SSSR count). The molecular weight excluding hydrogens is 440 g/mol. The maximum Gasteiger partial charge on any atom is 0.374 e. The fourth-order valence-corrected chi connectivity index (χ4v) is 2.92. The van der Waals surface area contributed by atoms with E-state index in [0.29, 0.717) is 5.69 Å². The minimum atomic E-state index is -0.743. The number of ether oxygens (including phenoxy) is 2. The second kappa shape index (κ2) is 7.97. The number of halogens is 3. The first kappa shape index (κ1) is 19.8. The van der Waals surface area contributed by atoms with E-state index in [9.17, 15) is 18.4 Å². The fraction of sp³-hybridized carbons (Fsp3) is 0.158. The van der Waals surface area contributed by atoms with Gasteiger partial charge in [0, 0.05) is 29.5 Å². The van der Waals surface area contributed by atoms with Crippen molar-refractivity contribution in [2.24, 2.45) is 0 Å². The molecule has 6 nitrogen and oxygen atoms in total. The lowest BCUT2D eigenvalue weighted by Gasteiger charge is -2.13. The molecule has 0 amide bonds. The number of benzene rings is 1. The van der Waals surface area contributed by atoms with Crippen LogP contribution < -0.4 is 10.3 Å². The van der Waals surface area contributed by atoms with E-state index in [1.807, 2.05) is 0 Å². The normalized spacial score (nSPS) is 10.8. The van der Waals surface area contributed by atoms with Crippen molar-refractivity contribution in [2.45, 2.75) is 13.5 Å². The van der Waals surface area contributed by atoms with Crippen LogP contribution in [0.4, 0.5) is 8.78 Å². The van der Waals surface area contributed by atoms with E-state index in [4.69, 9.17) is 9.15 Å². The molecule has 0 spiro atoms. The van der Waals surface area contributed by atoms with Crippen LogP contribution in [0.1, 0.15) is 21.8 Å². The second-order valence-corrected chi connectivity index (χ2v) is 6.55. The number of methoxy groups -OCH3 is 1. The summed E-state index contributed by atoms with van der Waals surface area (Å²) in [5.41, 5.74) is 0.0952. The van der Waals surface area contributed by atoms with Gasteiger partial charge in [-0.25, -0.2) is 18.1 Å². The van der Waals surface area contributed by atoms with Gasteiger partial charge in [-0.3, -0.25) is 4.79 Å². The number of aryl methyl sites for hydroxylation is 1. The largest absolute Gasteiger partial charge is 0.487 e. The van der Waals surface area contributed by atoms with Crippen molar-refractivity contribution in [3.05, 3.63) is 79.9 Å². The van der Waals surface area contributed by atoms with Gasteiger partial charge in [0.25, 0.3) is 5.56 Å². The first-order valence-electron chi connectivity index (χ1n) is 7.99. The van der Waals surface area contributed by atoms with Gasteiger partial charge in [-0.1, -0.05) is 0 Å². The molecule has 2 heterocycles. The monoisotopic (exact) mass is 453 g/mol. The van der Waals surface area contributed by atoms with E-state index in [-0.39, 0.29) is 34.0 Å². The second-order valence-electron chi connectivity index (χ2n) is 5.76. The Morgan fingerprint density at radius 3 is 2.64 bits per heavy atom. The number of aromatic nitrogens is 1. The lowest BCUT2D eigenvalue weighted by molar-refractivity contribution is 0.0564. The first-order chi connectivity index (χ1) is 13.3. The van der Waals surface area contributed by atoms with Crippen molar-refractivity contribution in [1.82, 2.24) is 4.57 Å². The molecule has 0 N–H and O–H groups in total. The van der Waals surface area contributed by atoms with Crippen molar-refractivity contribution in [3.63, 3.8) is 0 Å². The maximum atomic E-state index is 13.7. The van der Waals surface area contributed by atoms with Crippen LogP contribution in [-0.4, -0.2) is 17.6 Å². The average Bonchev–Trinajstić information content (AvgIpc) is 3.13. The van der Waals surface area contributed by atoms with Gasteiger partial charge in [0.2, 0.25) is 11.6 Å². The standard InChI is InChI=1S/C19H14BrF2NO5/c1-10-7-15(27-9-11-3-4-12(21)8-13(11)22)17(20)18(24)23(10)16-6-5-14(28-16)19(25)26-2/h3-8H,9H2,1-2H3. The van der Waals surface area contributed by atoms with Gasteiger partial charge in [-0.2, -0.15) is 0 Å². The van der Waals surface area contributed by atoms with E-state index < -0.39 is 23.2 Å². The number of rotatable bonds is 5. The van der Waals surface area contributed by atoms with E-state index in [1.54, 1.807) is 13.0 Å². The molecule has 2 aromatic heterocycles. The highest BCUT2D eigenvalue weighted by atomic mass is 79.9. The number of carbonyl (C=O) groups excluding carboxylic acids is 1. The Morgan fingerprint density at radius 2 is 1.96 bits per heavy atom. The van der Waals surface area contributed by atoms with Gasteiger partial charge in [-0.15, -0.1) is 0 Å². The quantitative estimate of drug-likeness (QED) is 0.542. The molecule has 0 fully saturated rings. The molecule has 146 valence electrons. The zero-order valence-corrected chi connectivity index (χ0v) is 16.4. The summed E-state index contributed by atoms with van der Waals surface area (Å²) >= 11 is 3.17. The van der Waals surface area contributed by atoms with E-state index in [0.717, 1.165) is 12.1 Å².